The van der Waals surface area contributed by atoms with E-state index < -0.39 is 0 Å². The lowest BCUT2D eigenvalue weighted by Crippen LogP contribution is -2.49. The van der Waals surface area contributed by atoms with Gasteiger partial charge in [-0.3, -0.25) is 4.79 Å². The Morgan fingerprint density at radius 3 is 2.37 bits per heavy atom. The van der Waals surface area contributed by atoms with Crippen molar-refractivity contribution >= 4 is 11.7 Å². The van der Waals surface area contributed by atoms with E-state index in [1.807, 2.05) is 29.2 Å². The summed E-state index contributed by atoms with van der Waals surface area (Å²) in [4.78, 5) is 16.7. The molecule has 6 nitrogen and oxygen atoms in total. The van der Waals surface area contributed by atoms with E-state index in [1.54, 1.807) is 7.11 Å². The Morgan fingerprint density at radius 2 is 1.78 bits per heavy atom. The molecule has 0 radical (unpaired) electrons. The summed E-state index contributed by atoms with van der Waals surface area (Å²) in [5.74, 6) is 2.62. The number of anilines is 1. The summed E-state index contributed by atoms with van der Waals surface area (Å²) in [5, 5.41) is 8.75. The quantitative estimate of drug-likeness (QED) is 0.787. The number of aromatic nitrogens is 2. The zero-order chi connectivity index (χ0) is 18.6. The van der Waals surface area contributed by atoms with Gasteiger partial charge < -0.3 is 14.5 Å². The van der Waals surface area contributed by atoms with Crippen molar-refractivity contribution < 1.29 is 9.53 Å². The van der Waals surface area contributed by atoms with E-state index in [-0.39, 0.29) is 5.91 Å². The maximum atomic E-state index is 12.5. The maximum Gasteiger partial charge on any atom is 0.223 e. The number of nitrogens with zero attached hydrogens (tertiary/aromatic N) is 4. The SMILES string of the molecule is COc1ccc(CCC(=O)N2CCN(c3ccc(C4CC4)nn3)CC2)cc1. The summed E-state index contributed by atoms with van der Waals surface area (Å²) in [7, 11) is 1.66. The lowest BCUT2D eigenvalue weighted by Gasteiger charge is -2.35. The summed E-state index contributed by atoms with van der Waals surface area (Å²) in [5.41, 5.74) is 2.28. The van der Waals surface area contributed by atoms with E-state index in [1.165, 1.54) is 12.8 Å². The average molecular weight is 366 g/mol. The van der Waals surface area contributed by atoms with Gasteiger partial charge in [0.2, 0.25) is 5.91 Å². The van der Waals surface area contributed by atoms with Crippen LogP contribution in [0.5, 0.6) is 5.75 Å². The molecule has 27 heavy (non-hydrogen) atoms. The maximum absolute atomic E-state index is 12.5. The Balaban J connectivity index is 1.24. The van der Waals surface area contributed by atoms with Gasteiger partial charge in [0.05, 0.1) is 12.8 Å². The van der Waals surface area contributed by atoms with Gasteiger partial charge in [-0.05, 0) is 49.1 Å². The summed E-state index contributed by atoms with van der Waals surface area (Å²) in [6.07, 6.45) is 3.79. The Morgan fingerprint density at radius 1 is 1.04 bits per heavy atom. The molecule has 1 aromatic carbocycles. The van der Waals surface area contributed by atoms with Crippen molar-refractivity contribution in [3.8, 4) is 5.75 Å². The largest absolute Gasteiger partial charge is 0.497 e. The van der Waals surface area contributed by atoms with E-state index in [0.717, 1.165) is 55.4 Å². The molecule has 1 aliphatic heterocycles. The van der Waals surface area contributed by atoms with Gasteiger partial charge in [0, 0.05) is 38.5 Å². The minimum absolute atomic E-state index is 0.223. The van der Waals surface area contributed by atoms with Gasteiger partial charge in [-0.25, -0.2) is 0 Å². The van der Waals surface area contributed by atoms with Crippen LogP contribution in [0.3, 0.4) is 0 Å². The van der Waals surface area contributed by atoms with E-state index in [2.05, 4.69) is 27.2 Å². The minimum atomic E-state index is 0.223. The molecule has 2 fully saturated rings. The molecular weight excluding hydrogens is 340 g/mol. The van der Waals surface area contributed by atoms with Crippen LogP contribution in [0.15, 0.2) is 36.4 Å². The Labute approximate surface area is 160 Å². The van der Waals surface area contributed by atoms with E-state index in [0.29, 0.717) is 12.3 Å². The molecule has 2 aliphatic rings. The Bertz CT molecular complexity index is 764. The van der Waals surface area contributed by atoms with Crippen molar-refractivity contribution in [2.24, 2.45) is 0 Å². The number of hydrogen-bond donors (Lipinski definition) is 0. The van der Waals surface area contributed by atoms with Crippen LogP contribution in [0, 0.1) is 0 Å². The monoisotopic (exact) mass is 366 g/mol. The highest BCUT2D eigenvalue weighted by Crippen LogP contribution is 2.38. The number of aryl methyl sites for hydroxylation is 1. The smallest absolute Gasteiger partial charge is 0.223 e. The topological polar surface area (TPSA) is 58.6 Å². The zero-order valence-corrected chi connectivity index (χ0v) is 15.8. The first-order chi connectivity index (χ1) is 13.2. The number of ether oxygens (including phenoxy) is 1. The highest BCUT2D eigenvalue weighted by molar-refractivity contribution is 5.76. The molecule has 2 aromatic rings. The number of piperazine rings is 1. The van der Waals surface area contributed by atoms with Crippen molar-refractivity contribution in [3.63, 3.8) is 0 Å². The number of amides is 1. The van der Waals surface area contributed by atoms with Gasteiger partial charge >= 0.3 is 0 Å². The number of carbonyl (C=O) groups is 1. The molecular formula is C21H26N4O2. The summed E-state index contributed by atoms with van der Waals surface area (Å²) < 4.78 is 5.17. The van der Waals surface area contributed by atoms with Crippen LogP contribution in [0.4, 0.5) is 5.82 Å². The molecule has 0 spiro atoms. The fraction of sp³-hybridized carbons (Fsp3) is 0.476. The standard InChI is InChI=1S/C21H26N4O2/c1-27-18-7-2-16(3-8-18)4-11-21(26)25-14-12-24(13-15-25)20-10-9-19(22-23-20)17-5-6-17/h2-3,7-10,17H,4-6,11-15H2,1H3. The van der Waals surface area contributed by atoms with E-state index in [9.17, 15) is 4.79 Å². The zero-order valence-electron chi connectivity index (χ0n) is 15.8. The van der Waals surface area contributed by atoms with Crippen LogP contribution in [0.1, 0.15) is 36.4 Å². The molecule has 0 unspecified atom stereocenters. The molecule has 142 valence electrons. The Hall–Kier alpha value is -2.63. The number of hydrogen-bond acceptors (Lipinski definition) is 5. The molecule has 0 N–H and O–H groups in total. The number of carbonyl (C=O) groups excluding carboxylic acids is 1. The first-order valence-electron chi connectivity index (χ1n) is 9.72. The molecule has 0 bridgehead atoms. The fourth-order valence-corrected chi connectivity index (χ4v) is 3.49. The molecule has 1 amide bonds. The first-order valence-corrected chi connectivity index (χ1v) is 9.72. The number of benzene rings is 1. The summed E-state index contributed by atoms with van der Waals surface area (Å²) >= 11 is 0. The normalized spacial score (nSPS) is 17.1. The van der Waals surface area contributed by atoms with Gasteiger partial charge in [0.1, 0.15) is 5.75 Å². The van der Waals surface area contributed by atoms with Crippen LogP contribution in [0.25, 0.3) is 0 Å². The molecule has 1 saturated carbocycles. The third-order valence-corrected chi connectivity index (χ3v) is 5.41. The van der Waals surface area contributed by atoms with Crippen LogP contribution < -0.4 is 9.64 Å². The van der Waals surface area contributed by atoms with Crippen LogP contribution >= 0.6 is 0 Å². The lowest BCUT2D eigenvalue weighted by atomic mass is 10.1. The highest BCUT2D eigenvalue weighted by Gasteiger charge is 2.26. The van der Waals surface area contributed by atoms with Crippen molar-refractivity contribution in [1.82, 2.24) is 15.1 Å². The van der Waals surface area contributed by atoms with Gasteiger partial charge in [0.15, 0.2) is 5.82 Å². The third-order valence-electron chi connectivity index (χ3n) is 5.41. The highest BCUT2D eigenvalue weighted by atomic mass is 16.5. The minimum Gasteiger partial charge on any atom is -0.497 e. The summed E-state index contributed by atoms with van der Waals surface area (Å²) in [6, 6.07) is 12.1. The van der Waals surface area contributed by atoms with Gasteiger partial charge in [0.25, 0.3) is 0 Å². The van der Waals surface area contributed by atoms with Crippen molar-refractivity contribution in [2.45, 2.75) is 31.6 Å². The van der Waals surface area contributed by atoms with E-state index >= 15 is 0 Å². The van der Waals surface area contributed by atoms with E-state index in [4.69, 9.17) is 4.74 Å². The molecule has 2 heterocycles. The second-order valence-electron chi connectivity index (χ2n) is 7.31. The van der Waals surface area contributed by atoms with Crippen LogP contribution in [-0.4, -0.2) is 54.3 Å². The Kier molecular flexibility index (Phi) is 5.23. The van der Waals surface area contributed by atoms with Crippen molar-refractivity contribution in [2.75, 3.05) is 38.2 Å². The third kappa shape index (κ3) is 4.38. The fourth-order valence-electron chi connectivity index (χ4n) is 3.49. The molecule has 1 aromatic heterocycles. The molecule has 1 saturated heterocycles. The number of methoxy groups -OCH3 is 1. The predicted octanol–water partition coefficient (Wildman–Crippen LogP) is 2.64. The van der Waals surface area contributed by atoms with Gasteiger partial charge in [-0.2, -0.15) is 5.10 Å². The van der Waals surface area contributed by atoms with Crippen LogP contribution in [0.2, 0.25) is 0 Å². The van der Waals surface area contributed by atoms with Gasteiger partial charge in [-0.1, -0.05) is 12.1 Å². The summed E-state index contributed by atoms with van der Waals surface area (Å²) in [6.45, 7) is 3.11. The average Bonchev–Trinajstić information content (AvgIpc) is 3.58. The number of rotatable bonds is 6. The molecule has 0 atom stereocenters. The van der Waals surface area contributed by atoms with Crippen LogP contribution in [-0.2, 0) is 11.2 Å². The first kappa shape index (κ1) is 17.8. The van der Waals surface area contributed by atoms with Crippen molar-refractivity contribution in [3.05, 3.63) is 47.7 Å². The second kappa shape index (κ2) is 7.94. The predicted molar refractivity (Wildman–Crippen MR) is 104 cm³/mol. The molecule has 4 rings (SSSR count). The molecule has 1 aliphatic carbocycles. The van der Waals surface area contributed by atoms with Crippen molar-refractivity contribution in [1.29, 1.82) is 0 Å². The lowest BCUT2D eigenvalue weighted by molar-refractivity contribution is -0.131. The second-order valence-corrected chi connectivity index (χ2v) is 7.31. The molecule has 6 heteroatoms. The van der Waals surface area contributed by atoms with Gasteiger partial charge in [-0.15, -0.1) is 5.10 Å².